The highest BCUT2D eigenvalue weighted by Crippen LogP contribution is 2.09. The Morgan fingerprint density at radius 3 is 2.50 bits per heavy atom. The van der Waals surface area contributed by atoms with Gasteiger partial charge in [0.1, 0.15) is 17.7 Å². The topological polar surface area (TPSA) is 62.7 Å². The van der Waals surface area contributed by atoms with Crippen molar-refractivity contribution < 1.29 is 4.39 Å². The normalized spacial score (nSPS) is 9.11. The Balaban J connectivity index is 2.35. The number of hydrogen-bond acceptors (Lipinski definition) is 3. The molecule has 0 bridgehead atoms. The van der Waals surface area contributed by atoms with E-state index in [0.717, 1.165) is 0 Å². The second-order valence-electron chi connectivity index (χ2n) is 3.53. The summed E-state index contributed by atoms with van der Waals surface area (Å²) in [6.45, 7) is 0. The van der Waals surface area contributed by atoms with Crippen LogP contribution in [-0.2, 0) is 0 Å². The van der Waals surface area contributed by atoms with Crippen LogP contribution in [-0.4, -0.2) is 4.98 Å². The minimum atomic E-state index is -0.312. The molecule has 1 aromatic heterocycles. The van der Waals surface area contributed by atoms with Crippen LogP contribution in [0.1, 0.15) is 16.7 Å². The summed E-state index contributed by atoms with van der Waals surface area (Å²) in [6.07, 6.45) is 1.39. The molecule has 0 saturated heterocycles. The molecular weight excluding hydrogens is 229 g/mol. The number of nitrogen functional groups attached to an aromatic ring is 1. The van der Waals surface area contributed by atoms with Crippen LogP contribution >= 0.6 is 0 Å². The van der Waals surface area contributed by atoms with Crippen LogP contribution in [0.15, 0.2) is 36.5 Å². The third-order valence-corrected chi connectivity index (χ3v) is 2.23. The second kappa shape index (κ2) is 4.99. The lowest BCUT2D eigenvalue weighted by Crippen LogP contribution is -1.95. The third-order valence-electron chi connectivity index (χ3n) is 2.23. The van der Waals surface area contributed by atoms with E-state index < -0.39 is 0 Å². The number of nitrogens with zero attached hydrogens (tertiary/aromatic N) is 2. The second-order valence-corrected chi connectivity index (χ2v) is 3.53. The molecule has 2 rings (SSSR count). The van der Waals surface area contributed by atoms with Gasteiger partial charge in [-0.15, -0.1) is 0 Å². The Bertz CT molecular complexity index is 673. The standard InChI is InChI=1S/C14H8FN3/c15-13-5-2-10(3-6-13)1-4-12-7-11(8-16)9-18-14(12)17/h2-3,5-7,9H,(H2,17,18). The maximum absolute atomic E-state index is 12.7. The number of benzene rings is 1. The highest BCUT2D eigenvalue weighted by Gasteiger charge is 1.99. The van der Waals surface area contributed by atoms with Gasteiger partial charge in [0, 0.05) is 11.8 Å². The molecular formula is C14H8FN3. The Hall–Kier alpha value is -2.85. The number of pyridine rings is 1. The highest BCUT2D eigenvalue weighted by molar-refractivity contribution is 5.55. The van der Waals surface area contributed by atoms with Crippen LogP contribution < -0.4 is 5.73 Å². The van der Waals surface area contributed by atoms with Gasteiger partial charge in [-0.2, -0.15) is 5.26 Å². The number of aromatic nitrogens is 1. The summed E-state index contributed by atoms with van der Waals surface area (Å²) in [5, 5.41) is 8.75. The van der Waals surface area contributed by atoms with Gasteiger partial charge >= 0.3 is 0 Å². The first-order valence-corrected chi connectivity index (χ1v) is 5.12. The molecule has 2 aromatic rings. The monoisotopic (exact) mass is 237 g/mol. The predicted octanol–water partition coefficient (Wildman–Crippen LogP) is 2.07. The number of halogens is 1. The third kappa shape index (κ3) is 2.63. The average molecular weight is 237 g/mol. The first-order chi connectivity index (χ1) is 8.69. The minimum Gasteiger partial charge on any atom is -0.383 e. The van der Waals surface area contributed by atoms with E-state index in [2.05, 4.69) is 16.8 Å². The zero-order chi connectivity index (χ0) is 13.0. The summed E-state index contributed by atoms with van der Waals surface area (Å²) < 4.78 is 12.7. The van der Waals surface area contributed by atoms with Crippen molar-refractivity contribution in [3.05, 3.63) is 59.0 Å². The van der Waals surface area contributed by atoms with Crippen LogP contribution in [0, 0.1) is 29.0 Å². The van der Waals surface area contributed by atoms with Crippen molar-refractivity contribution in [3.8, 4) is 17.9 Å². The van der Waals surface area contributed by atoms with Gasteiger partial charge in [-0.3, -0.25) is 0 Å². The van der Waals surface area contributed by atoms with E-state index in [4.69, 9.17) is 11.0 Å². The SMILES string of the molecule is N#Cc1cnc(N)c(C#Cc2ccc(F)cc2)c1. The van der Waals surface area contributed by atoms with Crippen LogP contribution in [0.25, 0.3) is 0 Å². The number of nitriles is 1. The van der Waals surface area contributed by atoms with Crippen LogP contribution in [0.4, 0.5) is 10.2 Å². The molecule has 0 aliphatic rings. The molecule has 0 aliphatic heterocycles. The summed E-state index contributed by atoms with van der Waals surface area (Å²) in [6, 6.07) is 9.33. The van der Waals surface area contributed by atoms with Gasteiger partial charge in [-0.05, 0) is 30.3 Å². The Morgan fingerprint density at radius 1 is 1.11 bits per heavy atom. The fourth-order valence-corrected chi connectivity index (χ4v) is 1.31. The predicted molar refractivity (Wildman–Crippen MR) is 65.7 cm³/mol. The molecule has 0 amide bonds. The smallest absolute Gasteiger partial charge is 0.139 e. The van der Waals surface area contributed by atoms with Crippen molar-refractivity contribution in [3.63, 3.8) is 0 Å². The van der Waals surface area contributed by atoms with E-state index in [1.54, 1.807) is 18.2 Å². The molecule has 1 heterocycles. The van der Waals surface area contributed by atoms with Crippen molar-refractivity contribution in [1.29, 1.82) is 5.26 Å². The van der Waals surface area contributed by atoms with Gasteiger partial charge < -0.3 is 5.73 Å². The zero-order valence-electron chi connectivity index (χ0n) is 9.31. The summed E-state index contributed by atoms with van der Waals surface area (Å²) >= 11 is 0. The van der Waals surface area contributed by atoms with Crippen LogP contribution in [0.5, 0.6) is 0 Å². The summed E-state index contributed by atoms with van der Waals surface area (Å²) in [5.74, 6) is 5.60. The van der Waals surface area contributed by atoms with Crippen LogP contribution in [0.2, 0.25) is 0 Å². The molecule has 1 aromatic carbocycles. The van der Waals surface area contributed by atoms with Gasteiger partial charge in [0.05, 0.1) is 11.1 Å². The zero-order valence-corrected chi connectivity index (χ0v) is 9.31. The Kier molecular flexibility index (Phi) is 3.22. The molecule has 0 atom stereocenters. The average Bonchev–Trinajstić information content (AvgIpc) is 2.40. The fraction of sp³-hybridized carbons (Fsp3) is 0. The van der Waals surface area contributed by atoms with E-state index in [-0.39, 0.29) is 11.6 Å². The van der Waals surface area contributed by atoms with Crippen LogP contribution in [0.3, 0.4) is 0 Å². The molecule has 0 saturated carbocycles. The van der Waals surface area contributed by atoms with E-state index >= 15 is 0 Å². The molecule has 0 radical (unpaired) electrons. The number of anilines is 1. The van der Waals surface area contributed by atoms with Gasteiger partial charge in [-0.25, -0.2) is 9.37 Å². The summed E-state index contributed by atoms with van der Waals surface area (Å²) in [7, 11) is 0. The molecule has 0 unspecified atom stereocenters. The molecule has 18 heavy (non-hydrogen) atoms. The number of rotatable bonds is 0. The first kappa shape index (κ1) is 11.6. The van der Waals surface area contributed by atoms with E-state index in [9.17, 15) is 4.39 Å². The maximum Gasteiger partial charge on any atom is 0.139 e. The highest BCUT2D eigenvalue weighted by atomic mass is 19.1. The fourth-order valence-electron chi connectivity index (χ4n) is 1.31. The van der Waals surface area contributed by atoms with Gasteiger partial charge in [0.15, 0.2) is 0 Å². The van der Waals surface area contributed by atoms with Gasteiger partial charge in [0.2, 0.25) is 0 Å². The van der Waals surface area contributed by atoms with E-state index in [1.165, 1.54) is 18.3 Å². The van der Waals surface area contributed by atoms with Crippen molar-refractivity contribution in [2.75, 3.05) is 5.73 Å². The Morgan fingerprint density at radius 2 is 1.83 bits per heavy atom. The van der Waals surface area contributed by atoms with E-state index in [1.807, 2.05) is 6.07 Å². The largest absolute Gasteiger partial charge is 0.383 e. The number of nitrogens with two attached hydrogens (primary N) is 1. The summed E-state index contributed by atoms with van der Waals surface area (Å²) in [4.78, 5) is 3.87. The molecule has 86 valence electrons. The lowest BCUT2D eigenvalue weighted by Gasteiger charge is -1.96. The summed E-state index contributed by atoms with van der Waals surface area (Å²) in [5.41, 5.74) is 7.19. The Labute approximate surface area is 104 Å². The van der Waals surface area contributed by atoms with E-state index in [0.29, 0.717) is 16.7 Å². The van der Waals surface area contributed by atoms with Gasteiger partial charge in [0.25, 0.3) is 0 Å². The molecule has 3 nitrogen and oxygen atoms in total. The molecule has 2 N–H and O–H groups in total. The van der Waals surface area contributed by atoms with Gasteiger partial charge in [-0.1, -0.05) is 11.8 Å². The molecule has 4 heteroatoms. The first-order valence-electron chi connectivity index (χ1n) is 5.12. The van der Waals surface area contributed by atoms with Crippen molar-refractivity contribution in [1.82, 2.24) is 4.98 Å². The minimum absolute atomic E-state index is 0.267. The molecule has 0 spiro atoms. The van der Waals surface area contributed by atoms with Crippen molar-refractivity contribution in [2.24, 2.45) is 0 Å². The molecule has 0 fully saturated rings. The lowest BCUT2D eigenvalue weighted by molar-refractivity contribution is 0.627. The van der Waals surface area contributed by atoms with Crippen molar-refractivity contribution >= 4 is 5.82 Å². The maximum atomic E-state index is 12.7. The lowest BCUT2D eigenvalue weighted by atomic mass is 10.1. The molecule has 0 aliphatic carbocycles. The number of hydrogen-bond donors (Lipinski definition) is 1. The van der Waals surface area contributed by atoms with Crippen molar-refractivity contribution in [2.45, 2.75) is 0 Å². The quantitative estimate of drug-likeness (QED) is 0.713.